The van der Waals surface area contributed by atoms with Crippen molar-refractivity contribution in [3.63, 3.8) is 0 Å². The molecule has 4 fully saturated rings. The minimum atomic E-state index is 0.0359. The van der Waals surface area contributed by atoms with E-state index in [9.17, 15) is 5.26 Å². The van der Waals surface area contributed by atoms with Gasteiger partial charge in [-0.1, -0.05) is 78.1 Å². The van der Waals surface area contributed by atoms with Crippen molar-refractivity contribution < 1.29 is 0 Å². The molecule has 0 saturated heterocycles. The van der Waals surface area contributed by atoms with E-state index in [1.165, 1.54) is 109 Å². The van der Waals surface area contributed by atoms with Gasteiger partial charge in [0.15, 0.2) is 0 Å². The highest BCUT2D eigenvalue weighted by atomic mass is 14.6. The Morgan fingerprint density at radius 3 is 2.23 bits per heavy atom. The molecule has 1 heteroatoms. The summed E-state index contributed by atoms with van der Waals surface area (Å²) in [4.78, 5) is 0. The van der Waals surface area contributed by atoms with Crippen LogP contribution in [-0.4, -0.2) is 0 Å². The minimum Gasteiger partial charge on any atom is -0.198 e. The molecule has 1 nitrogen and oxygen atoms in total. The van der Waals surface area contributed by atoms with Gasteiger partial charge in [0.1, 0.15) is 0 Å². The molecule has 4 aliphatic carbocycles. The molecule has 4 rings (SSSR count). The lowest BCUT2D eigenvalue weighted by Gasteiger charge is -2.57. The van der Waals surface area contributed by atoms with E-state index in [1.54, 1.807) is 12.8 Å². The highest BCUT2D eigenvalue weighted by Crippen LogP contribution is 2.60. The van der Waals surface area contributed by atoms with E-state index in [1.807, 2.05) is 0 Å². The van der Waals surface area contributed by atoms with E-state index in [0.717, 1.165) is 41.4 Å². The Hall–Kier alpha value is -0.510. The van der Waals surface area contributed by atoms with Crippen LogP contribution in [0.3, 0.4) is 0 Å². The quantitative estimate of drug-likeness (QED) is 0.337. The van der Waals surface area contributed by atoms with Gasteiger partial charge in [-0.05, 0) is 99.2 Å². The van der Waals surface area contributed by atoms with Crippen LogP contribution in [-0.2, 0) is 0 Å². The van der Waals surface area contributed by atoms with Crippen molar-refractivity contribution in [1.29, 1.82) is 5.26 Å². The first-order valence-corrected chi connectivity index (χ1v) is 14.6. The van der Waals surface area contributed by atoms with Gasteiger partial charge in [-0.3, -0.25) is 0 Å². The molecule has 176 valence electrons. The highest BCUT2D eigenvalue weighted by molar-refractivity contribution is 5.07. The summed E-state index contributed by atoms with van der Waals surface area (Å²) in [6.07, 6.45) is 26.8. The first-order chi connectivity index (χ1) is 15.2. The van der Waals surface area contributed by atoms with Gasteiger partial charge >= 0.3 is 0 Å². The Morgan fingerprint density at radius 2 is 1.42 bits per heavy atom. The number of hydrogen-bond donors (Lipinski definition) is 0. The summed E-state index contributed by atoms with van der Waals surface area (Å²) in [7, 11) is 0. The van der Waals surface area contributed by atoms with Gasteiger partial charge in [0, 0.05) is 0 Å². The molecule has 0 aromatic rings. The molecule has 0 amide bonds. The second kappa shape index (κ2) is 11.1. The predicted molar refractivity (Wildman–Crippen MR) is 132 cm³/mol. The Bertz CT molecular complexity index is 590. The highest BCUT2D eigenvalue weighted by Gasteiger charge is 2.52. The number of rotatable bonds is 9. The summed E-state index contributed by atoms with van der Waals surface area (Å²) in [6.45, 7) is 4.64. The van der Waals surface area contributed by atoms with Crippen molar-refractivity contribution in [2.24, 2.45) is 46.8 Å². The van der Waals surface area contributed by atoms with Gasteiger partial charge in [0.05, 0.1) is 11.5 Å². The Balaban J connectivity index is 1.36. The Kier molecular flexibility index (Phi) is 8.45. The van der Waals surface area contributed by atoms with E-state index < -0.39 is 0 Å². The number of fused-ring (bicyclic) bond motifs is 5. The number of hydrogen-bond acceptors (Lipinski definition) is 1. The lowest BCUT2D eigenvalue weighted by atomic mass is 9.48. The minimum absolute atomic E-state index is 0.0359. The molecule has 0 heterocycles. The maximum absolute atomic E-state index is 10.1. The summed E-state index contributed by atoms with van der Waals surface area (Å²) in [5.74, 6) is 7.11. The average Bonchev–Trinajstić information content (AvgIpc) is 2.81. The maximum Gasteiger partial charge on any atom is 0.0689 e. The van der Waals surface area contributed by atoms with Crippen molar-refractivity contribution in [3.05, 3.63) is 0 Å². The number of nitriles is 1. The van der Waals surface area contributed by atoms with Gasteiger partial charge in [0.2, 0.25) is 0 Å². The second-order valence-corrected chi connectivity index (χ2v) is 12.4. The van der Waals surface area contributed by atoms with Crippen LogP contribution in [0.5, 0.6) is 0 Å². The maximum atomic E-state index is 10.1. The molecule has 6 unspecified atom stereocenters. The number of nitrogens with zero attached hydrogens (tertiary/aromatic N) is 1. The van der Waals surface area contributed by atoms with Gasteiger partial charge in [-0.2, -0.15) is 5.26 Å². The lowest BCUT2D eigenvalue weighted by molar-refractivity contribution is -0.0718. The van der Waals surface area contributed by atoms with Crippen molar-refractivity contribution in [3.8, 4) is 6.07 Å². The van der Waals surface area contributed by atoms with Crippen LogP contribution < -0.4 is 0 Å². The van der Waals surface area contributed by atoms with Crippen molar-refractivity contribution in [2.45, 2.75) is 136 Å². The Morgan fingerprint density at radius 1 is 0.710 bits per heavy atom. The fourth-order valence-electron chi connectivity index (χ4n) is 9.26. The first-order valence-electron chi connectivity index (χ1n) is 14.6. The number of unbranched alkanes of at least 4 members (excludes halogenated alkanes) is 5. The molecule has 0 aromatic carbocycles. The van der Waals surface area contributed by atoms with Gasteiger partial charge in [-0.25, -0.2) is 0 Å². The van der Waals surface area contributed by atoms with E-state index in [4.69, 9.17) is 0 Å². The van der Waals surface area contributed by atoms with Crippen LogP contribution in [0.4, 0.5) is 0 Å². The van der Waals surface area contributed by atoms with Gasteiger partial charge in [-0.15, -0.1) is 0 Å². The van der Waals surface area contributed by atoms with Gasteiger partial charge < -0.3 is 0 Å². The monoisotopic (exact) mass is 425 g/mol. The topological polar surface area (TPSA) is 23.8 Å². The van der Waals surface area contributed by atoms with E-state index in [-0.39, 0.29) is 5.41 Å². The molecular formula is C30H51N. The molecule has 4 saturated carbocycles. The summed E-state index contributed by atoms with van der Waals surface area (Å²) >= 11 is 0. The van der Waals surface area contributed by atoms with Crippen LogP contribution in [0.1, 0.15) is 136 Å². The van der Waals surface area contributed by atoms with Crippen LogP contribution in [0.25, 0.3) is 0 Å². The van der Waals surface area contributed by atoms with Crippen molar-refractivity contribution in [2.75, 3.05) is 0 Å². The first kappa shape index (κ1) is 23.6. The third-order valence-corrected chi connectivity index (χ3v) is 10.8. The third kappa shape index (κ3) is 5.20. The average molecular weight is 426 g/mol. The molecule has 31 heavy (non-hydrogen) atoms. The van der Waals surface area contributed by atoms with Crippen LogP contribution in [0.2, 0.25) is 0 Å². The molecule has 0 bridgehead atoms. The van der Waals surface area contributed by atoms with Gasteiger partial charge in [0.25, 0.3) is 0 Å². The molecule has 0 radical (unpaired) electrons. The van der Waals surface area contributed by atoms with E-state index in [2.05, 4.69) is 19.9 Å². The fraction of sp³-hybridized carbons (Fsp3) is 0.967. The fourth-order valence-corrected chi connectivity index (χ4v) is 9.26. The molecule has 0 aromatic heterocycles. The largest absolute Gasteiger partial charge is 0.198 e. The summed E-state index contributed by atoms with van der Waals surface area (Å²) in [6, 6.07) is 2.87. The molecule has 0 aliphatic heterocycles. The van der Waals surface area contributed by atoms with E-state index in [0.29, 0.717) is 0 Å². The molecule has 8 atom stereocenters. The summed E-state index contributed by atoms with van der Waals surface area (Å²) < 4.78 is 0. The van der Waals surface area contributed by atoms with Crippen LogP contribution in [0.15, 0.2) is 0 Å². The van der Waals surface area contributed by atoms with Crippen molar-refractivity contribution in [1.82, 2.24) is 0 Å². The molecule has 0 spiro atoms. The van der Waals surface area contributed by atoms with Crippen molar-refractivity contribution >= 4 is 0 Å². The predicted octanol–water partition coefficient (Wildman–Crippen LogP) is 9.32. The molecule has 0 N–H and O–H groups in total. The summed E-state index contributed by atoms with van der Waals surface area (Å²) in [5.41, 5.74) is 0.0359. The van der Waals surface area contributed by atoms with Crippen LogP contribution in [0, 0.1) is 58.2 Å². The smallest absolute Gasteiger partial charge is 0.0689 e. The normalized spacial score (nSPS) is 42.2. The third-order valence-electron chi connectivity index (χ3n) is 10.8. The zero-order valence-electron chi connectivity index (χ0n) is 20.9. The zero-order chi connectivity index (χ0) is 21.7. The zero-order valence-corrected chi connectivity index (χ0v) is 20.9. The second-order valence-electron chi connectivity index (χ2n) is 12.4. The molecule has 4 aliphatic rings. The van der Waals surface area contributed by atoms with Crippen LogP contribution >= 0.6 is 0 Å². The SMILES string of the molecule is CCCCCC[C@]1(C#N)CCC2C(CCC3C2CCC2C3CCC[C@@H]2CCCCC)C1. The summed E-state index contributed by atoms with van der Waals surface area (Å²) in [5, 5.41) is 10.1. The standard InChI is InChI=1S/C30H51N/c1-3-5-7-9-19-30(22-31)20-18-26-24(21-30)14-15-29-27-13-10-12-23(11-8-6-4-2)25(27)16-17-28(26)29/h23-29H,3-21H2,1-2H3/t23-,24?,25?,26?,27?,28?,29?,30-/m0/s1. The van der Waals surface area contributed by atoms with E-state index >= 15 is 0 Å². The Labute approximate surface area is 194 Å². The molecular weight excluding hydrogens is 374 g/mol. The lowest BCUT2D eigenvalue weighted by Crippen LogP contribution is -2.49.